The van der Waals surface area contributed by atoms with E-state index >= 15 is 0 Å². The molecule has 12 heteroatoms. The number of carbonyl (C=O) groups is 2. The van der Waals surface area contributed by atoms with Gasteiger partial charge in [-0.3, -0.25) is 0 Å². The summed E-state index contributed by atoms with van der Waals surface area (Å²) < 4.78 is 7.93. The number of imidazole rings is 1. The highest BCUT2D eigenvalue weighted by Crippen LogP contribution is 2.32. The molecule has 170 valence electrons. The number of hydrogen-bond donors (Lipinski definition) is 2. The molecule has 3 aromatic rings. The van der Waals surface area contributed by atoms with Gasteiger partial charge in [0.25, 0.3) is 0 Å². The number of benzene rings is 2. The molecule has 0 saturated carbocycles. The van der Waals surface area contributed by atoms with E-state index in [9.17, 15) is 0 Å². The Labute approximate surface area is 207 Å². The van der Waals surface area contributed by atoms with E-state index in [-0.39, 0.29) is 5.25 Å². The summed E-state index contributed by atoms with van der Waals surface area (Å²) in [6.45, 7) is 1.17. The van der Waals surface area contributed by atoms with Crippen molar-refractivity contribution in [3.05, 3.63) is 75.2 Å². The predicted molar refractivity (Wildman–Crippen MR) is 126 cm³/mol. The molecule has 1 atom stereocenters. The summed E-state index contributed by atoms with van der Waals surface area (Å²) in [5, 5.41) is 17.0. The number of nitrogens with zero attached hydrogens (tertiary/aromatic N) is 2. The standard InChI is InChI=1S/C18H14Cl4N2OS.C2H2O4/c19-12-1-4-18(17(22)7-12)25-10-14(9-24-6-5-23-11-24)26-13-2-3-15(20)16(21)8-13;3-1(4)2(5)6/h1-8,11,14H,9-10H2;(H,3,4)(H,5,6). The Morgan fingerprint density at radius 1 is 1.00 bits per heavy atom. The molecule has 7 nitrogen and oxygen atoms in total. The van der Waals surface area contributed by atoms with Crippen LogP contribution in [0.1, 0.15) is 0 Å². The molecule has 0 radical (unpaired) electrons. The molecule has 0 aliphatic carbocycles. The molecule has 0 bridgehead atoms. The van der Waals surface area contributed by atoms with Gasteiger partial charge in [-0.1, -0.05) is 46.4 Å². The summed E-state index contributed by atoms with van der Waals surface area (Å²) in [7, 11) is 0. The van der Waals surface area contributed by atoms with Crippen LogP contribution in [0.3, 0.4) is 0 Å². The van der Waals surface area contributed by atoms with Crippen molar-refractivity contribution in [3.63, 3.8) is 0 Å². The van der Waals surface area contributed by atoms with Gasteiger partial charge in [-0.05, 0) is 36.4 Å². The molecule has 2 aromatic carbocycles. The normalized spacial score (nSPS) is 11.2. The molecule has 0 spiro atoms. The Bertz CT molecular complexity index is 1050. The average molecular weight is 538 g/mol. The van der Waals surface area contributed by atoms with Crippen molar-refractivity contribution in [2.24, 2.45) is 0 Å². The second kappa shape index (κ2) is 12.8. The number of aromatic nitrogens is 2. The Kier molecular flexibility index (Phi) is 10.5. The zero-order chi connectivity index (χ0) is 23.7. The highest BCUT2D eigenvalue weighted by Gasteiger charge is 2.15. The molecular weight excluding hydrogens is 522 g/mol. The van der Waals surface area contributed by atoms with Crippen LogP contribution in [0.15, 0.2) is 60.0 Å². The van der Waals surface area contributed by atoms with Gasteiger partial charge in [0.05, 0.1) is 26.6 Å². The van der Waals surface area contributed by atoms with E-state index in [2.05, 4.69) is 4.98 Å². The number of halogens is 4. The lowest BCUT2D eigenvalue weighted by atomic mass is 10.3. The summed E-state index contributed by atoms with van der Waals surface area (Å²) in [6, 6.07) is 10.8. The molecule has 1 heterocycles. The van der Waals surface area contributed by atoms with E-state index < -0.39 is 11.9 Å². The highest BCUT2D eigenvalue weighted by atomic mass is 35.5. The quantitative estimate of drug-likeness (QED) is 0.286. The third kappa shape index (κ3) is 8.80. The first-order chi connectivity index (χ1) is 15.2. The van der Waals surface area contributed by atoms with Crippen LogP contribution in [0.5, 0.6) is 5.75 Å². The lowest BCUT2D eigenvalue weighted by molar-refractivity contribution is -0.159. The van der Waals surface area contributed by atoms with Crippen molar-refractivity contribution < 1.29 is 24.5 Å². The first-order valence-corrected chi connectivity index (χ1v) is 11.2. The first-order valence-electron chi connectivity index (χ1n) is 8.77. The maximum atomic E-state index is 9.10. The molecule has 0 saturated heterocycles. The second-order valence-electron chi connectivity index (χ2n) is 6.07. The van der Waals surface area contributed by atoms with Crippen molar-refractivity contribution >= 4 is 70.1 Å². The number of carboxylic acids is 2. The van der Waals surface area contributed by atoms with Gasteiger partial charge in [0.2, 0.25) is 0 Å². The van der Waals surface area contributed by atoms with Gasteiger partial charge in [-0.2, -0.15) is 0 Å². The van der Waals surface area contributed by atoms with Crippen molar-refractivity contribution in [1.82, 2.24) is 9.55 Å². The van der Waals surface area contributed by atoms with Gasteiger partial charge >= 0.3 is 11.9 Å². The first kappa shape index (κ1) is 26.2. The van der Waals surface area contributed by atoms with Gasteiger partial charge in [0.1, 0.15) is 12.4 Å². The van der Waals surface area contributed by atoms with Gasteiger partial charge in [0, 0.05) is 28.9 Å². The molecule has 0 aliphatic heterocycles. The van der Waals surface area contributed by atoms with Crippen LogP contribution in [0, 0.1) is 0 Å². The molecule has 1 unspecified atom stereocenters. The largest absolute Gasteiger partial charge is 0.491 e. The number of ether oxygens (including phenoxy) is 1. The van der Waals surface area contributed by atoms with Crippen LogP contribution in [-0.2, 0) is 16.1 Å². The summed E-state index contributed by atoms with van der Waals surface area (Å²) >= 11 is 25.9. The van der Waals surface area contributed by atoms with E-state index in [0.717, 1.165) is 11.4 Å². The highest BCUT2D eigenvalue weighted by molar-refractivity contribution is 8.00. The van der Waals surface area contributed by atoms with Gasteiger partial charge < -0.3 is 19.5 Å². The van der Waals surface area contributed by atoms with E-state index in [0.29, 0.717) is 32.4 Å². The van der Waals surface area contributed by atoms with Gasteiger partial charge in [0.15, 0.2) is 0 Å². The van der Waals surface area contributed by atoms with Crippen LogP contribution < -0.4 is 4.74 Å². The van der Waals surface area contributed by atoms with Crippen LogP contribution in [-0.4, -0.2) is 43.6 Å². The Balaban J connectivity index is 0.000000534. The minimum atomic E-state index is -1.82. The van der Waals surface area contributed by atoms with E-state index in [1.54, 1.807) is 48.6 Å². The van der Waals surface area contributed by atoms with Crippen LogP contribution in [0.2, 0.25) is 20.1 Å². The zero-order valence-electron chi connectivity index (χ0n) is 16.1. The monoisotopic (exact) mass is 536 g/mol. The number of aliphatic carboxylic acids is 2. The lowest BCUT2D eigenvalue weighted by Gasteiger charge is -2.19. The molecule has 1 aromatic heterocycles. The van der Waals surface area contributed by atoms with Crippen LogP contribution >= 0.6 is 58.2 Å². The fraction of sp³-hybridized carbons (Fsp3) is 0.150. The minimum absolute atomic E-state index is 0.105. The Morgan fingerprint density at radius 2 is 1.72 bits per heavy atom. The van der Waals surface area contributed by atoms with E-state index in [1.165, 1.54) is 0 Å². The number of thioether (sulfide) groups is 1. The summed E-state index contributed by atoms with van der Waals surface area (Å²) in [5.41, 5.74) is 0. The topological polar surface area (TPSA) is 102 Å². The fourth-order valence-electron chi connectivity index (χ4n) is 2.27. The summed E-state index contributed by atoms with van der Waals surface area (Å²) in [4.78, 5) is 23.3. The lowest BCUT2D eigenvalue weighted by Crippen LogP contribution is -2.20. The van der Waals surface area contributed by atoms with Crippen molar-refractivity contribution in [1.29, 1.82) is 0 Å². The predicted octanol–water partition coefficient (Wildman–Crippen LogP) is 5.89. The Hall–Kier alpha value is -2.10. The molecule has 2 N–H and O–H groups in total. The third-order valence-corrected chi connectivity index (χ3v) is 6.08. The average Bonchev–Trinajstić information content (AvgIpc) is 3.23. The molecule has 3 rings (SSSR count). The number of carboxylic acid groups (broad SMARTS) is 2. The maximum absolute atomic E-state index is 9.10. The minimum Gasteiger partial charge on any atom is -0.491 e. The molecule has 0 fully saturated rings. The number of rotatable bonds is 7. The van der Waals surface area contributed by atoms with Gasteiger partial charge in [-0.25, -0.2) is 14.6 Å². The number of hydrogen-bond acceptors (Lipinski definition) is 5. The maximum Gasteiger partial charge on any atom is 0.414 e. The van der Waals surface area contributed by atoms with Crippen molar-refractivity contribution in [3.8, 4) is 5.75 Å². The smallest absolute Gasteiger partial charge is 0.414 e. The fourth-order valence-corrected chi connectivity index (χ4v) is 4.20. The van der Waals surface area contributed by atoms with Gasteiger partial charge in [-0.15, -0.1) is 11.8 Å². The molecular formula is C20H16Cl4N2O5S. The van der Waals surface area contributed by atoms with Crippen LogP contribution in [0.4, 0.5) is 0 Å². The summed E-state index contributed by atoms with van der Waals surface area (Å²) in [6.07, 6.45) is 5.44. The van der Waals surface area contributed by atoms with E-state index in [4.69, 9.17) is 70.9 Å². The SMILES string of the molecule is Clc1ccc(OCC(Cn2ccnc2)Sc2ccc(Cl)c(Cl)c2)c(Cl)c1.O=C(O)C(=O)O. The van der Waals surface area contributed by atoms with Crippen molar-refractivity contribution in [2.75, 3.05) is 6.61 Å². The molecule has 0 aliphatic rings. The third-order valence-electron chi connectivity index (χ3n) is 3.67. The second-order valence-corrected chi connectivity index (χ2v) is 9.10. The van der Waals surface area contributed by atoms with Crippen molar-refractivity contribution in [2.45, 2.75) is 16.7 Å². The Morgan fingerprint density at radius 3 is 2.28 bits per heavy atom. The van der Waals surface area contributed by atoms with E-state index in [1.807, 2.05) is 22.9 Å². The molecule has 0 amide bonds. The van der Waals surface area contributed by atoms with Crippen LogP contribution in [0.25, 0.3) is 0 Å². The molecule has 32 heavy (non-hydrogen) atoms. The zero-order valence-corrected chi connectivity index (χ0v) is 20.0. The summed E-state index contributed by atoms with van der Waals surface area (Å²) in [5.74, 6) is -3.05.